The first-order valence-corrected chi connectivity index (χ1v) is 40.3. The summed E-state index contributed by atoms with van der Waals surface area (Å²) in [5, 5.41) is 52.7. The van der Waals surface area contributed by atoms with Crippen LogP contribution < -0.4 is 0 Å². The minimum atomic E-state index is -0.762. The van der Waals surface area contributed by atoms with Crippen molar-refractivity contribution in [2.45, 2.75) is 148 Å². The molecule has 3 fully saturated rings. The molecule has 10 atom stereocenters. The number of hydrogen-bond donors (Lipinski definition) is 5. The zero-order valence-corrected chi connectivity index (χ0v) is 72.9. The number of hydrogen-bond acceptors (Lipinski definition) is 29. The van der Waals surface area contributed by atoms with Crippen LogP contribution in [0, 0.1) is 54.1 Å². The van der Waals surface area contributed by atoms with Gasteiger partial charge in [-0.1, -0.05) is 69.2 Å². The van der Waals surface area contributed by atoms with Crippen molar-refractivity contribution >= 4 is 0 Å². The molecule has 0 spiro atoms. The summed E-state index contributed by atoms with van der Waals surface area (Å²) in [6.45, 7) is 49.5. The van der Waals surface area contributed by atoms with Gasteiger partial charge >= 0.3 is 0 Å². The van der Waals surface area contributed by atoms with Crippen molar-refractivity contribution in [1.82, 2.24) is 0 Å². The summed E-state index contributed by atoms with van der Waals surface area (Å²) in [6, 6.07) is 0. The smallest absolute Gasteiger partial charge is 0.0701 e. The lowest BCUT2D eigenvalue weighted by molar-refractivity contribution is -0.129. The van der Waals surface area contributed by atoms with E-state index < -0.39 is 65.4 Å². The van der Waals surface area contributed by atoms with Gasteiger partial charge in [0.05, 0.1) is 347 Å². The molecule has 3 heterocycles. The topological polar surface area (TPSA) is 323 Å². The first-order valence-electron chi connectivity index (χ1n) is 40.3. The molecule has 2 bridgehead atoms. The molecule has 664 valence electrons. The van der Waals surface area contributed by atoms with E-state index in [1.54, 1.807) is 0 Å². The quantitative estimate of drug-likeness (QED) is 0.0580. The van der Waals surface area contributed by atoms with Gasteiger partial charge in [0.25, 0.3) is 0 Å². The minimum Gasteiger partial charge on any atom is -0.396 e. The van der Waals surface area contributed by atoms with Gasteiger partial charge in [-0.3, -0.25) is 0 Å². The molecule has 3 aliphatic heterocycles. The van der Waals surface area contributed by atoms with Gasteiger partial charge in [0.1, 0.15) is 0 Å². The van der Waals surface area contributed by atoms with E-state index in [0.717, 1.165) is 0 Å². The summed E-state index contributed by atoms with van der Waals surface area (Å²) < 4.78 is 149. The molecule has 0 aromatic heterocycles. The lowest BCUT2D eigenvalue weighted by Crippen LogP contribution is -2.41. The van der Waals surface area contributed by atoms with Gasteiger partial charge in [-0.2, -0.15) is 0 Å². The average molecular weight is 1610 g/mol. The molecule has 0 aromatic carbocycles. The lowest BCUT2D eigenvalue weighted by atomic mass is 9.91. The fraction of sp³-hybridized carbons (Fsp3) is 1.00. The summed E-state index contributed by atoms with van der Waals surface area (Å²) in [7, 11) is 0. The normalized spacial score (nSPS) is 32.2. The van der Waals surface area contributed by atoms with Gasteiger partial charge in [-0.05, 0) is 62.3 Å². The highest BCUT2D eigenvalue weighted by atomic mass is 16.6. The Hall–Kier alpha value is -1.16. The molecule has 111 heavy (non-hydrogen) atoms. The third-order valence-electron chi connectivity index (χ3n) is 18.1. The van der Waals surface area contributed by atoms with E-state index in [4.69, 9.17) is 114 Å². The highest BCUT2D eigenvalue weighted by molar-refractivity contribution is 4.84. The van der Waals surface area contributed by atoms with E-state index in [1.165, 1.54) is 0 Å². The van der Waals surface area contributed by atoms with Gasteiger partial charge in [0.2, 0.25) is 0 Å². The summed E-state index contributed by atoms with van der Waals surface area (Å²) >= 11 is 0. The molecule has 29 heteroatoms. The van der Waals surface area contributed by atoms with Crippen LogP contribution in [0.2, 0.25) is 0 Å². The van der Waals surface area contributed by atoms with Crippen LogP contribution in [0.25, 0.3) is 0 Å². The number of aliphatic hydroxyl groups excluding tert-OH is 5. The Balaban J connectivity index is 2.45. The Kier molecular flexibility index (Phi) is 53.1. The maximum absolute atomic E-state index is 10.7. The molecule has 0 aromatic rings. The van der Waals surface area contributed by atoms with Crippen molar-refractivity contribution in [1.29, 1.82) is 0 Å². The third kappa shape index (κ3) is 53.2. The van der Waals surface area contributed by atoms with Crippen LogP contribution in [0.5, 0.6) is 0 Å². The zero-order valence-electron chi connectivity index (χ0n) is 72.9. The van der Waals surface area contributed by atoms with Crippen molar-refractivity contribution in [2.24, 2.45) is 54.1 Å². The van der Waals surface area contributed by atoms with Crippen molar-refractivity contribution in [3.05, 3.63) is 0 Å². The molecular formula is C82H162O29. The number of aliphatic hydroxyl groups is 5. The molecule has 5 N–H and O–H groups in total. The van der Waals surface area contributed by atoms with Gasteiger partial charge in [-0.25, -0.2) is 0 Å². The molecule has 10 unspecified atom stereocenters. The molecule has 0 saturated carbocycles. The lowest BCUT2D eigenvalue weighted by Gasteiger charge is -2.35. The van der Waals surface area contributed by atoms with Crippen LogP contribution >= 0.6 is 0 Å². The molecule has 3 aliphatic rings. The number of rotatable bonds is 21. The first-order chi connectivity index (χ1) is 52.2. The Morgan fingerprint density at radius 1 is 0.225 bits per heavy atom. The van der Waals surface area contributed by atoms with E-state index in [0.29, 0.717) is 145 Å². The standard InChI is InChI=1S/C82H162O29/c1-70(2,3)109-67-77(14,44-87)49-97-34-24-91-26-36-98-54-78(15)59-103-50-73(10,40-83)45-93-30-20-88-21-31-96-48-76(13,43-86)53-106-65-81(18,68-110-71(4,5)6)57-101-38-28-90-23-33-95-47-75(12,42-85)52-105-61-80(17)56-100-35-25-89-22-32-94-46-74(11,41-84)51-104-60-79(16,63-107-62-78)55-99-37-27-92-29-39-102-58-82(19,66-108-64-80)69-111-72(7,8)9/h83-87H,20-69H2,1-19H3. The fourth-order valence-corrected chi connectivity index (χ4v) is 10.6. The molecular weight excluding hydrogens is 1450 g/mol. The second-order valence-electron chi connectivity index (χ2n) is 37.6. The maximum atomic E-state index is 10.7. The summed E-state index contributed by atoms with van der Waals surface area (Å²) in [5.41, 5.74) is -7.70. The van der Waals surface area contributed by atoms with Crippen LogP contribution in [0.1, 0.15) is 132 Å². The van der Waals surface area contributed by atoms with E-state index in [1.807, 2.05) is 118 Å². The molecule has 0 radical (unpaired) electrons. The first kappa shape index (κ1) is 106. The monoisotopic (exact) mass is 1610 g/mol. The Bertz CT molecular complexity index is 2270. The van der Waals surface area contributed by atoms with Gasteiger partial charge in [-0.15, -0.1) is 0 Å². The molecule has 29 nitrogen and oxygen atoms in total. The predicted molar refractivity (Wildman–Crippen MR) is 421 cm³/mol. The van der Waals surface area contributed by atoms with E-state index in [2.05, 4.69) is 13.8 Å². The third-order valence-corrected chi connectivity index (χ3v) is 18.1. The number of fused-ring (bicyclic) bond motifs is 58. The highest BCUT2D eigenvalue weighted by Gasteiger charge is 2.38. The molecule has 0 amide bonds. The maximum Gasteiger partial charge on any atom is 0.0701 e. The SMILES string of the molecule is CC1(CO)COCCOCCOCC(C)(CO)COCC(C)(COC(C)(C)C)COCCOCCOCC(C)(CO)COCC2(C)COCCOCCOCC(C)(CO)COCC(C)(COCCOCCOCC(C)(COC(C)(C)C)COC2)COCC(C)(COCCOCCOCC(C)(CO)COC(C)(C)C)COC1. The second kappa shape index (κ2) is 55.6. The number of ether oxygens (including phenoxy) is 24. The Morgan fingerprint density at radius 2 is 0.432 bits per heavy atom. The van der Waals surface area contributed by atoms with Crippen molar-refractivity contribution in [2.75, 3.05) is 330 Å². The van der Waals surface area contributed by atoms with Crippen molar-refractivity contribution in [3.63, 3.8) is 0 Å². The molecule has 0 aliphatic carbocycles. The second-order valence-corrected chi connectivity index (χ2v) is 37.6. The van der Waals surface area contributed by atoms with E-state index in [9.17, 15) is 25.5 Å². The summed E-state index contributed by atoms with van der Waals surface area (Å²) in [4.78, 5) is 0. The molecule has 3 rings (SSSR count). The van der Waals surface area contributed by atoms with Crippen LogP contribution in [0.4, 0.5) is 0 Å². The highest BCUT2D eigenvalue weighted by Crippen LogP contribution is 2.31. The Labute approximate surface area is 669 Å². The van der Waals surface area contributed by atoms with Crippen LogP contribution in [0.15, 0.2) is 0 Å². The van der Waals surface area contributed by atoms with Gasteiger partial charge in [0.15, 0.2) is 0 Å². The van der Waals surface area contributed by atoms with Gasteiger partial charge < -0.3 is 139 Å². The van der Waals surface area contributed by atoms with E-state index >= 15 is 0 Å². The zero-order chi connectivity index (χ0) is 82.8. The fourth-order valence-electron chi connectivity index (χ4n) is 10.6. The largest absolute Gasteiger partial charge is 0.396 e. The predicted octanol–water partition coefficient (Wildman–Crippen LogP) is 6.83. The Morgan fingerprint density at radius 3 is 0.703 bits per heavy atom. The summed E-state index contributed by atoms with van der Waals surface area (Å²) in [6.07, 6.45) is 0. The van der Waals surface area contributed by atoms with Crippen molar-refractivity contribution in [3.8, 4) is 0 Å². The van der Waals surface area contributed by atoms with Crippen LogP contribution in [0.3, 0.4) is 0 Å². The van der Waals surface area contributed by atoms with Gasteiger partial charge in [0, 0.05) is 54.1 Å². The van der Waals surface area contributed by atoms with E-state index in [-0.39, 0.29) is 191 Å². The van der Waals surface area contributed by atoms with Crippen LogP contribution in [-0.2, 0) is 114 Å². The van der Waals surface area contributed by atoms with Crippen molar-refractivity contribution < 1.29 is 139 Å². The minimum absolute atomic E-state index is 0.0814. The average Bonchev–Trinajstić information content (AvgIpc) is 0.878. The van der Waals surface area contributed by atoms with Crippen LogP contribution in [-0.4, -0.2) is 373 Å². The summed E-state index contributed by atoms with van der Waals surface area (Å²) in [5.74, 6) is 0. The molecule has 3 saturated heterocycles.